The number of hydrogen-bond donors (Lipinski definition) is 2. The van der Waals surface area contributed by atoms with Crippen LogP contribution in [0.15, 0.2) is 40.1 Å². The molecular weight excluding hydrogens is 407 g/mol. The number of fused-ring (bicyclic) bond motifs is 1. The Kier molecular flexibility index (Phi) is 4.84. The van der Waals surface area contributed by atoms with Crippen LogP contribution < -0.4 is 5.32 Å². The van der Waals surface area contributed by atoms with E-state index in [4.69, 9.17) is 11.6 Å². The molecule has 0 aliphatic rings. The smallest absolute Gasteiger partial charge is 0.234 e. The number of anilines is 1. The van der Waals surface area contributed by atoms with Gasteiger partial charge in [-0.1, -0.05) is 39.3 Å². The first-order valence-electron chi connectivity index (χ1n) is 6.40. The number of pyridine rings is 1. The number of nitrogens with one attached hydrogen (secondary N) is 2. The molecule has 9 heteroatoms. The Bertz CT molecular complexity index is 888. The minimum atomic E-state index is -0.500. The predicted molar refractivity (Wildman–Crippen MR) is 92.4 cm³/mol. The van der Waals surface area contributed by atoms with Crippen molar-refractivity contribution in [1.29, 1.82) is 0 Å². The maximum Gasteiger partial charge on any atom is 0.234 e. The highest BCUT2D eigenvalue weighted by atomic mass is 79.9. The highest BCUT2D eigenvalue weighted by Crippen LogP contribution is 2.22. The summed E-state index contributed by atoms with van der Waals surface area (Å²) < 4.78 is 14.3. The molecule has 0 fully saturated rings. The average molecular weight is 416 g/mol. The number of aromatic nitrogens is 3. The summed E-state index contributed by atoms with van der Waals surface area (Å²) in [7, 11) is 0. The number of carbonyl (C=O) groups excluding carboxylic acids is 1. The first-order chi connectivity index (χ1) is 11.0. The molecule has 3 aromatic rings. The highest BCUT2D eigenvalue weighted by Gasteiger charge is 2.10. The summed E-state index contributed by atoms with van der Waals surface area (Å²) in [5.41, 5.74) is 1.35. The van der Waals surface area contributed by atoms with Crippen LogP contribution in [0.2, 0.25) is 5.02 Å². The van der Waals surface area contributed by atoms with Crippen LogP contribution in [-0.4, -0.2) is 26.6 Å². The zero-order chi connectivity index (χ0) is 16.4. The number of benzene rings is 1. The van der Waals surface area contributed by atoms with Gasteiger partial charge < -0.3 is 10.3 Å². The topological polar surface area (TPSA) is 70.7 Å². The van der Waals surface area contributed by atoms with E-state index in [1.165, 1.54) is 30.1 Å². The standard InChI is InChI=1S/C14H9BrClFN4OS/c15-7-1-2-10(9(17)3-7)19-12(22)6-23-14-20-11-4-8(16)5-18-13(11)21-14/h1-5H,6H2,(H,19,22)(H,18,20,21). The lowest BCUT2D eigenvalue weighted by atomic mass is 10.3. The maximum atomic E-state index is 13.7. The van der Waals surface area contributed by atoms with Crippen molar-refractivity contribution in [3.8, 4) is 0 Å². The van der Waals surface area contributed by atoms with Gasteiger partial charge in [0.05, 0.1) is 22.0 Å². The first kappa shape index (κ1) is 16.2. The van der Waals surface area contributed by atoms with Crippen molar-refractivity contribution in [1.82, 2.24) is 15.0 Å². The van der Waals surface area contributed by atoms with Crippen LogP contribution in [-0.2, 0) is 4.79 Å². The van der Waals surface area contributed by atoms with Crippen LogP contribution in [0.3, 0.4) is 0 Å². The third-order valence-corrected chi connectivity index (χ3v) is 4.40. The van der Waals surface area contributed by atoms with E-state index in [1.807, 2.05) is 0 Å². The monoisotopic (exact) mass is 414 g/mol. The van der Waals surface area contributed by atoms with Crippen LogP contribution >= 0.6 is 39.3 Å². The summed E-state index contributed by atoms with van der Waals surface area (Å²) in [6.45, 7) is 0. The molecule has 0 unspecified atom stereocenters. The molecule has 0 spiro atoms. The van der Waals surface area contributed by atoms with E-state index in [0.717, 1.165) is 0 Å². The predicted octanol–water partition coefficient (Wildman–Crippen LogP) is 4.24. The van der Waals surface area contributed by atoms with E-state index in [2.05, 4.69) is 36.2 Å². The Labute approximate surface area is 148 Å². The van der Waals surface area contributed by atoms with Crippen LogP contribution in [0.5, 0.6) is 0 Å². The largest absolute Gasteiger partial charge is 0.331 e. The molecule has 2 heterocycles. The van der Waals surface area contributed by atoms with Gasteiger partial charge in [0.25, 0.3) is 0 Å². The number of thioether (sulfide) groups is 1. The number of hydrogen-bond acceptors (Lipinski definition) is 4. The van der Waals surface area contributed by atoms with Crippen molar-refractivity contribution >= 4 is 62.1 Å². The number of H-pyrrole nitrogens is 1. The fourth-order valence-corrected chi connectivity index (χ4v) is 3.00. The van der Waals surface area contributed by atoms with Gasteiger partial charge in [0.2, 0.25) is 5.91 Å². The average Bonchev–Trinajstić information content (AvgIpc) is 2.90. The molecule has 0 atom stereocenters. The molecule has 0 bridgehead atoms. The van der Waals surface area contributed by atoms with Crippen LogP contribution in [0.4, 0.5) is 10.1 Å². The maximum absolute atomic E-state index is 13.7. The summed E-state index contributed by atoms with van der Waals surface area (Å²) in [4.78, 5) is 23.2. The molecule has 118 valence electrons. The zero-order valence-electron chi connectivity index (χ0n) is 11.4. The Balaban J connectivity index is 1.63. The van der Waals surface area contributed by atoms with Gasteiger partial charge in [0.15, 0.2) is 10.8 Å². The van der Waals surface area contributed by atoms with E-state index in [0.29, 0.717) is 25.8 Å². The molecule has 5 nitrogen and oxygen atoms in total. The second-order valence-corrected chi connectivity index (χ2v) is 6.84. The normalized spacial score (nSPS) is 10.9. The van der Waals surface area contributed by atoms with Crippen molar-refractivity contribution in [2.45, 2.75) is 5.16 Å². The Morgan fingerprint density at radius 1 is 1.43 bits per heavy atom. The van der Waals surface area contributed by atoms with Crippen molar-refractivity contribution in [3.05, 3.63) is 45.8 Å². The molecule has 3 rings (SSSR count). The van der Waals surface area contributed by atoms with Gasteiger partial charge in [-0.05, 0) is 24.3 Å². The van der Waals surface area contributed by atoms with Gasteiger partial charge in [-0.15, -0.1) is 0 Å². The molecule has 0 aliphatic carbocycles. The summed E-state index contributed by atoms with van der Waals surface area (Å²) in [6, 6.07) is 6.14. The second kappa shape index (κ2) is 6.86. The van der Waals surface area contributed by atoms with Gasteiger partial charge >= 0.3 is 0 Å². The molecule has 2 N–H and O–H groups in total. The van der Waals surface area contributed by atoms with Gasteiger partial charge in [0.1, 0.15) is 5.82 Å². The minimum absolute atomic E-state index is 0.0864. The van der Waals surface area contributed by atoms with Gasteiger partial charge in [-0.3, -0.25) is 4.79 Å². The Morgan fingerprint density at radius 3 is 3.04 bits per heavy atom. The van der Waals surface area contributed by atoms with Crippen molar-refractivity contribution in [2.24, 2.45) is 0 Å². The SMILES string of the molecule is O=C(CSc1nc2ncc(Cl)cc2[nH]1)Nc1ccc(Br)cc1F. The summed E-state index contributed by atoms with van der Waals surface area (Å²) in [5, 5.41) is 3.56. The quantitative estimate of drug-likeness (QED) is 0.625. The third kappa shape index (κ3) is 4.01. The number of aromatic amines is 1. The molecule has 2 aromatic heterocycles. The summed E-state index contributed by atoms with van der Waals surface area (Å²) in [5.74, 6) is -0.744. The fourth-order valence-electron chi connectivity index (χ4n) is 1.83. The lowest BCUT2D eigenvalue weighted by molar-refractivity contribution is -0.113. The van der Waals surface area contributed by atoms with E-state index < -0.39 is 5.82 Å². The lowest BCUT2D eigenvalue weighted by Gasteiger charge is -2.05. The van der Waals surface area contributed by atoms with E-state index in [-0.39, 0.29) is 17.3 Å². The molecule has 0 saturated heterocycles. The van der Waals surface area contributed by atoms with Crippen LogP contribution in [0, 0.1) is 5.82 Å². The summed E-state index contributed by atoms with van der Waals surface area (Å²) in [6.07, 6.45) is 1.50. The van der Waals surface area contributed by atoms with Gasteiger partial charge in [0, 0.05) is 10.7 Å². The summed E-state index contributed by atoms with van der Waals surface area (Å²) >= 11 is 10.2. The number of halogens is 3. The zero-order valence-corrected chi connectivity index (χ0v) is 14.6. The van der Waals surface area contributed by atoms with E-state index >= 15 is 0 Å². The van der Waals surface area contributed by atoms with Gasteiger partial charge in [-0.2, -0.15) is 0 Å². The minimum Gasteiger partial charge on any atom is -0.331 e. The van der Waals surface area contributed by atoms with Crippen molar-refractivity contribution in [2.75, 3.05) is 11.1 Å². The molecule has 1 aromatic carbocycles. The second-order valence-electron chi connectivity index (χ2n) is 4.53. The highest BCUT2D eigenvalue weighted by molar-refractivity contribution is 9.10. The Morgan fingerprint density at radius 2 is 2.26 bits per heavy atom. The van der Waals surface area contributed by atoms with Gasteiger partial charge in [-0.25, -0.2) is 14.4 Å². The Hall–Kier alpha value is -1.64. The fraction of sp³-hybridized carbons (Fsp3) is 0.0714. The number of nitrogens with zero attached hydrogens (tertiary/aromatic N) is 2. The van der Waals surface area contributed by atoms with E-state index in [9.17, 15) is 9.18 Å². The molecular formula is C14H9BrClFN4OS. The number of rotatable bonds is 4. The molecule has 23 heavy (non-hydrogen) atoms. The van der Waals surface area contributed by atoms with Crippen LogP contribution in [0.25, 0.3) is 11.2 Å². The van der Waals surface area contributed by atoms with E-state index in [1.54, 1.807) is 12.1 Å². The van der Waals surface area contributed by atoms with Crippen LogP contribution in [0.1, 0.15) is 0 Å². The molecule has 0 aliphatic heterocycles. The number of amides is 1. The third-order valence-electron chi connectivity index (χ3n) is 2.83. The molecule has 0 radical (unpaired) electrons. The van der Waals surface area contributed by atoms with Crippen molar-refractivity contribution < 1.29 is 9.18 Å². The van der Waals surface area contributed by atoms with Crippen molar-refractivity contribution in [3.63, 3.8) is 0 Å². The number of carbonyl (C=O) groups is 1. The first-order valence-corrected chi connectivity index (χ1v) is 8.56. The molecule has 0 saturated carbocycles. The lowest BCUT2D eigenvalue weighted by Crippen LogP contribution is -2.15. The molecule has 1 amide bonds. The number of imidazole rings is 1.